The number of nitrogens with zero attached hydrogens (tertiary/aromatic N) is 1. The molecule has 0 amide bonds. The van der Waals surface area contributed by atoms with Gasteiger partial charge in [0.1, 0.15) is 5.38 Å². The molecule has 0 saturated heterocycles. The van der Waals surface area contributed by atoms with Crippen LogP contribution >= 0.6 is 11.6 Å². The van der Waals surface area contributed by atoms with Crippen molar-refractivity contribution in [1.82, 2.24) is 0 Å². The molecule has 0 bridgehead atoms. The molecule has 0 fully saturated rings. The molecule has 0 saturated carbocycles. The van der Waals surface area contributed by atoms with Gasteiger partial charge in [-0.25, -0.2) is 0 Å². The number of hydrogen-bond donors (Lipinski definition) is 0. The van der Waals surface area contributed by atoms with Crippen molar-refractivity contribution in [2.45, 2.75) is 40.0 Å². The second-order valence-electron chi connectivity index (χ2n) is 4.03. The van der Waals surface area contributed by atoms with Gasteiger partial charge in [0.25, 0.3) is 0 Å². The molecule has 1 unspecified atom stereocenters. The molecule has 1 rings (SSSR count). The van der Waals surface area contributed by atoms with E-state index >= 15 is 0 Å². The molecule has 0 radical (unpaired) electrons. The second kappa shape index (κ2) is 4.24. The van der Waals surface area contributed by atoms with E-state index in [1.807, 2.05) is 13.8 Å². The molecule has 15 heavy (non-hydrogen) atoms. The van der Waals surface area contributed by atoms with Gasteiger partial charge < -0.3 is 0 Å². The Morgan fingerprint density at radius 1 is 0.867 bits per heavy atom. The summed E-state index contributed by atoms with van der Waals surface area (Å²) >= 11 is 6.04. The predicted octanol–water partition coefficient (Wildman–Crippen LogP) is 4.03. The van der Waals surface area contributed by atoms with Gasteiger partial charge in [-0.15, -0.1) is 11.6 Å². The highest BCUT2D eigenvalue weighted by Crippen LogP contribution is 2.32. The maximum absolute atomic E-state index is 8.91. The standard InChI is InChI=1S/C13H16ClN/c1-7-8(2)10(4)13(12(14)6-15)11(5)9(7)3/h12H,1-5H3. The van der Waals surface area contributed by atoms with Crippen molar-refractivity contribution in [2.75, 3.05) is 0 Å². The third kappa shape index (κ3) is 1.87. The number of halogens is 1. The summed E-state index contributed by atoms with van der Waals surface area (Å²) in [5, 5.41) is 8.37. The molecule has 0 N–H and O–H groups in total. The van der Waals surface area contributed by atoms with Crippen LogP contribution in [0.2, 0.25) is 0 Å². The Labute approximate surface area is 96.7 Å². The minimum Gasteiger partial charge on any atom is -0.196 e. The number of alkyl halides is 1. The summed E-state index contributed by atoms with van der Waals surface area (Å²) in [5.41, 5.74) is 7.08. The lowest BCUT2D eigenvalue weighted by atomic mass is 9.88. The zero-order valence-electron chi connectivity index (χ0n) is 9.90. The molecule has 0 heterocycles. The second-order valence-corrected chi connectivity index (χ2v) is 4.47. The molecule has 1 aromatic rings. The van der Waals surface area contributed by atoms with E-state index in [1.165, 1.54) is 16.7 Å². The smallest absolute Gasteiger partial charge is 0.146 e. The highest BCUT2D eigenvalue weighted by Gasteiger charge is 2.17. The van der Waals surface area contributed by atoms with Crippen molar-refractivity contribution in [3.63, 3.8) is 0 Å². The van der Waals surface area contributed by atoms with Crippen LogP contribution in [-0.2, 0) is 0 Å². The number of hydrogen-bond acceptors (Lipinski definition) is 1. The van der Waals surface area contributed by atoms with Crippen LogP contribution in [0.3, 0.4) is 0 Å². The molecule has 1 aromatic carbocycles. The lowest BCUT2D eigenvalue weighted by Gasteiger charge is -2.18. The quantitative estimate of drug-likeness (QED) is 0.657. The first kappa shape index (κ1) is 12.1. The Morgan fingerprint density at radius 2 is 1.20 bits per heavy atom. The van der Waals surface area contributed by atoms with Crippen LogP contribution in [0.25, 0.3) is 0 Å². The maximum Gasteiger partial charge on any atom is 0.146 e. The van der Waals surface area contributed by atoms with Gasteiger partial charge in [0.2, 0.25) is 0 Å². The zero-order chi connectivity index (χ0) is 11.7. The van der Waals surface area contributed by atoms with Crippen LogP contribution in [0.5, 0.6) is 0 Å². The summed E-state index contributed by atoms with van der Waals surface area (Å²) in [7, 11) is 0. The van der Waals surface area contributed by atoms with Crippen molar-refractivity contribution in [1.29, 1.82) is 5.26 Å². The van der Waals surface area contributed by atoms with Crippen LogP contribution in [0.1, 0.15) is 38.8 Å². The van der Waals surface area contributed by atoms with Gasteiger partial charge in [-0.05, 0) is 68.0 Å². The molecule has 2 heteroatoms. The first-order valence-electron chi connectivity index (χ1n) is 5.02. The summed E-state index contributed by atoms with van der Waals surface area (Å²) in [6.45, 7) is 10.4. The van der Waals surface area contributed by atoms with Gasteiger partial charge in [0.15, 0.2) is 0 Å². The fourth-order valence-electron chi connectivity index (χ4n) is 1.97. The molecule has 0 aliphatic heterocycles. The summed E-state index contributed by atoms with van der Waals surface area (Å²) in [6.07, 6.45) is 0. The van der Waals surface area contributed by atoms with E-state index in [-0.39, 0.29) is 0 Å². The largest absolute Gasteiger partial charge is 0.196 e. The first-order chi connectivity index (χ1) is 6.91. The third-order valence-corrected chi connectivity index (χ3v) is 3.74. The van der Waals surface area contributed by atoms with E-state index in [9.17, 15) is 0 Å². The van der Waals surface area contributed by atoms with Gasteiger partial charge in [-0.2, -0.15) is 5.26 Å². The molecular weight excluding hydrogens is 206 g/mol. The van der Waals surface area contributed by atoms with Crippen molar-refractivity contribution >= 4 is 11.6 Å². The van der Waals surface area contributed by atoms with E-state index < -0.39 is 5.38 Å². The fourth-order valence-corrected chi connectivity index (χ4v) is 2.30. The normalized spacial score (nSPS) is 12.3. The van der Waals surface area contributed by atoms with Gasteiger partial charge in [0.05, 0.1) is 6.07 Å². The Hall–Kier alpha value is -1.00. The van der Waals surface area contributed by atoms with Gasteiger partial charge in [-0.3, -0.25) is 0 Å². The fraction of sp³-hybridized carbons (Fsp3) is 0.462. The summed E-state index contributed by atoms with van der Waals surface area (Å²) < 4.78 is 0. The lowest BCUT2D eigenvalue weighted by Crippen LogP contribution is -2.03. The van der Waals surface area contributed by atoms with Crippen molar-refractivity contribution < 1.29 is 0 Å². The van der Waals surface area contributed by atoms with E-state index in [0.717, 1.165) is 16.7 Å². The highest BCUT2D eigenvalue weighted by atomic mass is 35.5. The van der Waals surface area contributed by atoms with Crippen LogP contribution in [0.4, 0.5) is 0 Å². The summed E-state index contributed by atoms with van der Waals surface area (Å²) in [6, 6.07) is 2.10. The van der Waals surface area contributed by atoms with Crippen molar-refractivity contribution in [3.8, 4) is 6.07 Å². The highest BCUT2D eigenvalue weighted by molar-refractivity contribution is 6.22. The Kier molecular flexibility index (Phi) is 3.42. The minimum atomic E-state index is -0.539. The first-order valence-corrected chi connectivity index (χ1v) is 5.46. The average Bonchev–Trinajstić information content (AvgIpc) is 2.23. The Morgan fingerprint density at radius 3 is 1.53 bits per heavy atom. The molecule has 0 aliphatic carbocycles. The molecule has 1 atom stereocenters. The molecule has 1 nitrogen and oxygen atoms in total. The molecule has 0 spiro atoms. The van der Waals surface area contributed by atoms with E-state index in [1.54, 1.807) is 0 Å². The van der Waals surface area contributed by atoms with Gasteiger partial charge in [-0.1, -0.05) is 0 Å². The van der Waals surface area contributed by atoms with E-state index in [2.05, 4.69) is 26.8 Å². The van der Waals surface area contributed by atoms with Crippen LogP contribution in [-0.4, -0.2) is 0 Å². The van der Waals surface area contributed by atoms with Gasteiger partial charge >= 0.3 is 0 Å². The Balaban J connectivity index is 3.61. The summed E-state index contributed by atoms with van der Waals surface area (Å²) in [5.74, 6) is 0. The monoisotopic (exact) mass is 221 g/mol. The van der Waals surface area contributed by atoms with Gasteiger partial charge in [0, 0.05) is 0 Å². The summed E-state index contributed by atoms with van der Waals surface area (Å²) in [4.78, 5) is 0. The van der Waals surface area contributed by atoms with Crippen molar-refractivity contribution in [2.24, 2.45) is 0 Å². The van der Waals surface area contributed by atoms with E-state index in [4.69, 9.17) is 16.9 Å². The van der Waals surface area contributed by atoms with E-state index in [0.29, 0.717) is 0 Å². The van der Waals surface area contributed by atoms with Crippen LogP contribution in [0.15, 0.2) is 0 Å². The van der Waals surface area contributed by atoms with Crippen LogP contribution in [0, 0.1) is 45.9 Å². The number of nitriles is 1. The number of rotatable bonds is 1. The maximum atomic E-state index is 8.91. The predicted molar refractivity (Wildman–Crippen MR) is 64.3 cm³/mol. The lowest BCUT2D eigenvalue weighted by molar-refractivity contribution is 1.07. The number of benzene rings is 1. The average molecular weight is 222 g/mol. The third-order valence-electron chi connectivity index (χ3n) is 3.42. The van der Waals surface area contributed by atoms with Crippen molar-refractivity contribution in [3.05, 3.63) is 33.4 Å². The molecule has 80 valence electrons. The SMILES string of the molecule is Cc1c(C)c(C)c(C(Cl)C#N)c(C)c1C. The Bertz CT molecular complexity index is 412. The zero-order valence-corrected chi connectivity index (χ0v) is 10.7. The molecule has 0 aromatic heterocycles. The topological polar surface area (TPSA) is 23.8 Å². The van der Waals surface area contributed by atoms with Crippen LogP contribution < -0.4 is 0 Å². The molecule has 0 aliphatic rings. The molecular formula is C13H16ClN. The minimum absolute atomic E-state index is 0.539.